The molecule has 2 N–H and O–H groups in total. The molecule has 0 radical (unpaired) electrons. The summed E-state index contributed by atoms with van der Waals surface area (Å²) in [6, 6.07) is 9.07. The zero-order valence-electron chi connectivity index (χ0n) is 12.0. The second kappa shape index (κ2) is 6.90. The number of aliphatic hydroxyl groups excluding tert-OH is 1. The third kappa shape index (κ3) is 4.61. The number of nitrogens with zero attached hydrogens (tertiary/aromatic N) is 1. The molecule has 2 rings (SSSR count). The van der Waals surface area contributed by atoms with Crippen LogP contribution in [0.25, 0.3) is 0 Å². The first-order valence-electron chi connectivity index (χ1n) is 6.63. The molecule has 6 heteroatoms. The highest BCUT2D eigenvalue weighted by atomic mass is 16.5. The van der Waals surface area contributed by atoms with Gasteiger partial charge in [0.25, 0.3) is 5.91 Å². The van der Waals surface area contributed by atoms with Gasteiger partial charge in [-0.05, 0) is 31.5 Å². The monoisotopic (exact) mass is 290 g/mol. The van der Waals surface area contributed by atoms with E-state index in [1.54, 1.807) is 6.92 Å². The Morgan fingerprint density at radius 1 is 1.43 bits per heavy atom. The van der Waals surface area contributed by atoms with Crippen molar-refractivity contribution in [2.75, 3.05) is 13.2 Å². The summed E-state index contributed by atoms with van der Waals surface area (Å²) in [5.41, 5.74) is 1.27. The number of aromatic nitrogens is 1. The van der Waals surface area contributed by atoms with Crippen LogP contribution in [0, 0.1) is 13.8 Å². The van der Waals surface area contributed by atoms with Crippen molar-refractivity contribution in [1.82, 2.24) is 10.5 Å². The third-order valence-electron chi connectivity index (χ3n) is 2.79. The molecular formula is C15H18N2O4. The van der Waals surface area contributed by atoms with E-state index in [9.17, 15) is 9.90 Å². The first-order chi connectivity index (χ1) is 10.0. The SMILES string of the molecule is Cc1cccc(OCC(O)CNC(=O)c2cc(C)on2)c1. The normalized spacial score (nSPS) is 12.0. The Bertz CT molecular complexity index is 609. The van der Waals surface area contributed by atoms with Crippen molar-refractivity contribution in [3.05, 3.63) is 47.3 Å². The van der Waals surface area contributed by atoms with Gasteiger partial charge >= 0.3 is 0 Å². The van der Waals surface area contributed by atoms with E-state index >= 15 is 0 Å². The Labute approximate surface area is 122 Å². The lowest BCUT2D eigenvalue weighted by molar-refractivity contribution is 0.0836. The highest BCUT2D eigenvalue weighted by Crippen LogP contribution is 2.12. The van der Waals surface area contributed by atoms with E-state index in [2.05, 4.69) is 10.5 Å². The van der Waals surface area contributed by atoms with E-state index in [4.69, 9.17) is 9.26 Å². The first kappa shape index (κ1) is 15.1. The Kier molecular flexibility index (Phi) is 4.94. The second-order valence-electron chi connectivity index (χ2n) is 4.81. The quantitative estimate of drug-likeness (QED) is 0.841. The van der Waals surface area contributed by atoms with Gasteiger partial charge in [-0.1, -0.05) is 17.3 Å². The highest BCUT2D eigenvalue weighted by Gasteiger charge is 2.13. The van der Waals surface area contributed by atoms with Crippen molar-refractivity contribution in [2.24, 2.45) is 0 Å². The largest absolute Gasteiger partial charge is 0.491 e. The molecule has 1 unspecified atom stereocenters. The molecule has 21 heavy (non-hydrogen) atoms. The van der Waals surface area contributed by atoms with Crippen molar-refractivity contribution < 1.29 is 19.2 Å². The van der Waals surface area contributed by atoms with Gasteiger partial charge in [0.15, 0.2) is 5.69 Å². The van der Waals surface area contributed by atoms with Crippen LogP contribution >= 0.6 is 0 Å². The predicted octanol–water partition coefficient (Wildman–Crippen LogP) is 1.46. The van der Waals surface area contributed by atoms with E-state index in [-0.39, 0.29) is 24.8 Å². The van der Waals surface area contributed by atoms with Crippen LogP contribution in [-0.2, 0) is 0 Å². The average molecular weight is 290 g/mol. The van der Waals surface area contributed by atoms with E-state index in [0.717, 1.165) is 5.56 Å². The van der Waals surface area contributed by atoms with Gasteiger partial charge in [0.05, 0.1) is 0 Å². The molecule has 0 aliphatic rings. The van der Waals surface area contributed by atoms with Crippen LogP contribution in [0.2, 0.25) is 0 Å². The number of rotatable bonds is 6. The van der Waals surface area contributed by atoms with Crippen molar-refractivity contribution in [3.63, 3.8) is 0 Å². The van der Waals surface area contributed by atoms with Gasteiger partial charge in [0.2, 0.25) is 0 Å². The maximum atomic E-state index is 11.7. The lowest BCUT2D eigenvalue weighted by atomic mass is 10.2. The Balaban J connectivity index is 1.74. The summed E-state index contributed by atoms with van der Waals surface area (Å²) in [4.78, 5) is 11.7. The zero-order chi connectivity index (χ0) is 15.2. The molecule has 0 saturated carbocycles. The Morgan fingerprint density at radius 3 is 2.90 bits per heavy atom. The van der Waals surface area contributed by atoms with Crippen LogP contribution in [0.1, 0.15) is 21.8 Å². The number of hydrogen-bond acceptors (Lipinski definition) is 5. The number of hydrogen-bond donors (Lipinski definition) is 2. The van der Waals surface area contributed by atoms with Gasteiger partial charge in [-0.25, -0.2) is 0 Å². The van der Waals surface area contributed by atoms with E-state index < -0.39 is 6.10 Å². The molecule has 0 bridgehead atoms. The number of benzene rings is 1. The second-order valence-corrected chi connectivity index (χ2v) is 4.81. The van der Waals surface area contributed by atoms with Gasteiger partial charge in [-0.3, -0.25) is 4.79 Å². The van der Waals surface area contributed by atoms with Crippen molar-refractivity contribution in [2.45, 2.75) is 20.0 Å². The number of carbonyl (C=O) groups is 1. The molecule has 0 aliphatic carbocycles. The van der Waals surface area contributed by atoms with Crippen LogP contribution in [-0.4, -0.2) is 35.4 Å². The van der Waals surface area contributed by atoms with Gasteiger partial charge in [-0.15, -0.1) is 0 Å². The summed E-state index contributed by atoms with van der Waals surface area (Å²) < 4.78 is 10.3. The Morgan fingerprint density at radius 2 is 2.24 bits per heavy atom. The fraction of sp³-hybridized carbons (Fsp3) is 0.333. The Hall–Kier alpha value is -2.34. The number of carbonyl (C=O) groups excluding carboxylic acids is 1. The van der Waals surface area contributed by atoms with Gasteiger partial charge in [0, 0.05) is 12.6 Å². The smallest absolute Gasteiger partial charge is 0.273 e. The summed E-state index contributed by atoms with van der Waals surface area (Å²) in [6.07, 6.45) is -0.803. The number of aryl methyl sites for hydroxylation is 2. The van der Waals surface area contributed by atoms with E-state index in [0.29, 0.717) is 11.5 Å². The number of nitrogens with one attached hydrogen (secondary N) is 1. The van der Waals surface area contributed by atoms with Crippen LogP contribution in [0.15, 0.2) is 34.9 Å². The van der Waals surface area contributed by atoms with Crippen molar-refractivity contribution >= 4 is 5.91 Å². The lowest BCUT2D eigenvalue weighted by Crippen LogP contribution is -2.35. The molecule has 1 atom stereocenters. The van der Waals surface area contributed by atoms with Gasteiger partial charge < -0.3 is 19.7 Å². The fourth-order valence-corrected chi connectivity index (χ4v) is 1.73. The molecule has 0 aliphatic heterocycles. The molecule has 1 aromatic carbocycles. The molecule has 2 aromatic rings. The molecule has 0 spiro atoms. The number of aliphatic hydroxyl groups is 1. The molecule has 0 saturated heterocycles. The highest BCUT2D eigenvalue weighted by molar-refractivity contribution is 5.92. The fourth-order valence-electron chi connectivity index (χ4n) is 1.73. The predicted molar refractivity (Wildman–Crippen MR) is 76.3 cm³/mol. The minimum atomic E-state index is -0.803. The van der Waals surface area contributed by atoms with E-state index in [1.807, 2.05) is 31.2 Å². The van der Waals surface area contributed by atoms with Crippen LogP contribution in [0.3, 0.4) is 0 Å². The maximum Gasteiger partial charge on any atom is 0.273 e. The van der Waals surface area contributed by atoms with Crippen molar-refractivity contribution in [3.8, 4) is 5.75 Å². The van der Waals surface area contributed by atoms with Crippen LogP contribution in [0.4, 0.5) is 0 Å². The van der Waals surface area contributed by atoms with Gasteiger partial charge in [0.1, 0.15) is 24.2 Å². The van der Waals surface area contributed by atoms with Crippen LogP contribution in [0.5, 0.6) is 5.75 Å². The summed E-state index contributed by atoms with van der Waals surface area (Å²) in [6.45, 7) is 3.84. The van der Waals surface area contributed by atoms with Crippen LogP contribution < -0.4 is 10.1 Å². The molecule has 1 heterocycles. The molecular weight excluding hydrogens is 272 g/mol. The standard InChI is InChI=1S/C15H18N2O4/c1-10-4-3-5-13(6-10)20-9-12(18)8-16-15(19)14-7-11(2)21-17-14/h3-7,12,18H,8-9H2,1-2H3,(H,16,19). The lowest BCUT2D eigenvalue weighted by Gasteiger charge is -2.13. The molecule has 112 valence electrons. The molecule has 1 amide bonds. The molecule has 0 fully saturated rings. The molecule has 6 nitrogen and oxygen atoms in total. The summed E-state index contributed by atoms with van der Waals surface area (Å²) in [7, 11) is 0. The first-order valence-corrected chi connectivity index (χ1v) is 6.63. The molecule has 1 aromatic heterocycles. The number of ether oxygens (including phenoxy) is 1. The zero-order valence-corrected chi connectivity index (χ0v) is 12.0. The average Bonchev–Trinajstić information content (AvgIpc) is 2.89. The third-order valence-corrected chi connectivity index (χ3v) is 2.79. The van der Waals surface area contributed by atoms with Crippen molar-refractivity contribution in [1.29, 1.82) is 0 Å². The minimum Gasteiger partial charge on any atom is -0.491 e. The van der Waals surface area contributed by atoms with E-state index in [1.165, 1.54) is 6.07 Å². The summed E-state index contributed by atoms with van der Waals surface area (Å²) in [5, 5.41) is 16.0. The van der Waals surface area contributed by atoms with Gasteiger partial charge in [-0.2, -0.15) is 0 Å². The minimum absolute atomic E-state index is 0.0799. The summed E-state index contributed by atoms with van der Waals surface area (Å²) in [5.74, 6) is 0.859. The maximum absolute atomic E-state index is 11.7. The summed E-state index contributed by atoms with van der Waals surface area (Å²) >= 11 is 0. The number of amides is 1. The topological polar surface area (TPSA) is 84.6 Å².